The first-order valence-corrected chi connectivity index (χ1v) is 8.93. The molecule has 3 rings (SSSR count). The number of carbonyl (C=O) groups excluding carboxylic acids is 1. The molecule has 0 N–H and O–H groups in total. The maximum Gasteiger partial charge on any atom is 0.189 e. The van der Waals surface area contributed by atoms with Gasteiger partial charge in [-0.15, -0.1) is 0 Å². The van der Waals surface area contributed by atoms with Gasteiger partial charge in [-0.1, -0.05) is 60.7 Å². The van der Waals surface area contributed by atoms with Gasteiger partial charge in [0, 0.05) is 6.07 Å². The van der Waals surface area contributed by atoms with Crippen LogP contribution in [0.4, 0.5) is 0 Å². The van der Waals surface area contributed by atoms with E-state index in [0.29, 0.717) is 30.3 Å². The van der Waals surface area contributed by atoms with Crippen LogP contribution < -0.4 is 9.47 Å². The predicted octanol–water partition coefficient (Wildman–Crippen LogP) is 4.61. The molecule has 5 nitrogen and oxygen atoms in total. The van der Waals surface area contributed by atoms with Crippen LogP contribution in [0, 0.1) is 0 Å². The molecule has 0 bridgehead atoms. The highest BCUT2D eigenvalue weighted by molar-refractivity contribution is 5.79. The lowest BCUT2D eigenvalue weighted by atomic mass is 10.2. The highest BCUT2D eigenvalue weighted by atomic mass is 16.7. The molecule has 3 aromatic rings. The number of carbonyl (C=O) groups is 1. The van der Waals surface area contributed by atoms with E-state index in [1.807, 2.05) is 60.7 Å². The van der Waals surface area contributed by atoms with Crippen LogP contribution in [0.2, 0.25) is 0 Å². The second-order valence-electron chi connectivity index (χ2n) is 6.01. The smallest absolute Gasteiger partial charge is 0.189 e. The van der Waals surface area contributed by atoms with Crippen molar-refractivity contribution < 1.29 is 23.7 Å². The molecule has 28 heavy (non-hydrogen) atoms. The van der Waals surface area contributed by atoms with Gasteiger partial charge in [0.2, 0.25) is 0 Å². The minimum absolute atomic E-state index is 0.0314. The quantitative estimate of drug-likeness (QED) is 0.277. The average Bonchev–Trinajstić information content (AvgIpc) is 2.76. The van der Waals surface area contributed by atoms with E-state index < -0.39 is 0 Å². The normalized spacial score (nSPS) is 10.4. The topological polar surface area (TPSA) is 54.0 Å². The molecule has 0 amide bonds. The summed E-state index contributed by atoms with van der Waals surface area (Å²) in [6.07, 6.45) is 0.738. The van der Waals surface area contributed by atoms with Crippen LogP contribution in [0.25, 0.3) is 0 Å². The first kappa shape index (κ1) is 19.6. The molecule has 3 aromatic carbocycles. The monoisotopic (exact) mass is 378 g/mol. The molecule has 0 spiro atoms. The zero-order chi connectivity index (χ0) is 19.4. The van der Waals surface area contributed by atoms with Crippen molar-refractivity contribution in [1.29, 1.82) is 0 Å². The zero-order valence-corrected chi connectivity index (χ0v) is 15.5. The molecule has 0 unspecified atom stereocenters. The molecule has 0 aliphatic rings. The molecule has 0 atom stereocenters. The standard InChI is InChI=1S/C23H22O5/c24-14-21-11-12-22(27-17-25-15-19-7-3-1-4-8-19)13-23(21)28-18-26-16-20-9-5-2-6-10-20/h1-14H,15-18H2. The van der Waals surface area contributed by atoms with E-state index >= 15 is 0 Å². The van der Waals surface area contributed by atoms with Crippen molar-refractivity contribution in [2.45, 2.75) is 13.2 Å². The predicted molar refractivity (Wildman–Crippen MR) is 105 cm³/mol. The minimum Gasteiger partial charge on any atom is -0.467 e. The summed E-state index contributed by atoms with van der Waals surface area (Å²) in [5.41, 5.74) is 2.55. The Bertz CT molecular complexity index is 849. The Morgan fingerprint density at radius 3 is 1.82 bits per heavy atom. The van der Waals surface area contributed by atoms with Crippen LogP contribution in [0.5, 0.6) is 11.5 Å². The van der Waals surface area contributed by atoms with Gasteiger partial charge < -0.3 is 18.9 Å². The Kier molecular flexibility index (Phi) is 7.61. The lowest BCUT2D eigenvalue weighted by molar-refractivity contribution is 0.000980. The fourth-order valence-electron chi connectivity index (χ4n) is 2.51. The van der Waals surface area contributed by atoms with E-state index in [0.717, 1.165) is 17.4 Å². The molecule has 0 saturated carbocycles. The van der Waals surface area contributed by atoms with Gasteiger partial charge in [0.25, 0.3) is 0 Å². The van der Waals surface area contributed by atoms with Gasteiger partial charge >= 0.3 is 0 Å². The Labute approximate surface area is 164 Å². The van der Waals surface area contributed by atoms with E-state index in [1.165, 1.54) is 0 Å². The number of hydrogen-bond donors (Lipinski definition) is 0. The van der Waals surface area contributed by atoms with Crippen molar-refractivity contribution >= 4 is 6.29 Å². The van der Waals surface area contributed by atoms with E-state index in [1.54, 1.807) is 18.2 Å². The van der Waals surface area contributed by atoms with E-state index in [-0.39, 0.29) is 13.6 Å². The first-order valence-electron chi connectivity index (χ1n) is 8.93. The molecule has 0 saturated heterocycles. The van der Waals surface area contributed by atoms with Gasteiger partial charge in [0.05, 0.1) is 18.8 Å². The van der Waals surface area contributed by atoms with Crippen molar-refractivity contribution in [3.63, 3.8) is 0 Å². The molecule has 5 heteroatoms. The van der Waals surface area contributed by atoms with Crippen LogP contribution in [0.1, 0.15) is 21.5 Å². The van der Waals surface area contributed by atoms with Gasteiger partial charge in [-0.25, -0.2) is 0 Å². The molecule has 0 aliphatic carbocycles. The lowest BCUT2D eigenvalue weighted by Gasteiger charge is -2.12. The first-order chi connectivity index (χ1) is 13.8. The second-order valence-corrected chi connectivity index (χ2v) is 6.01. The van der Waals surface area contributed by atoms with E-state index in [2.05, 4.69) is 0 Å². The summed E-state index contributed by atoms with van der Waals surface area (Å²) in [4.78, 5) is 11.2. The summed E-state index contributed by atoms with van der Waals surface area (Å²) in [7, 11) is 0. The molecule has 144 valence electrons. The number of rotatable bonds is 11. The van der Waals surface area contributed by atoms with E-state index in [4.69, 9.17) is 18.9 Å². The van der Waals surface area contributed by atoms with Crippen molar-refractivity contribution in [3.8, 4) is 11.5 Å². The minimum atomic E-state index is 0.0314. The maximum absolute atomic E-state index is 11.2. The Balaban J connectivity index is 1.46. The maximum atomic E-state index is 11.2. The number of aldehydes is 1. The highest BCUT2D eigenvalue weighted by Crippen LogP contribution is 2.24. The summed E-state index contributed by atoms with van der Waals surface area (Å²) in [5.74, 6) is 0.959. The van der Waals surface area contributed by atoms with Crippen molar-refractivity contribution in [3.05, 3.63) is 95.6 Å². The van der Waals surface area contributed by atoms with Gasteiger partial charge in [0.15, 0.2) is 19.9 Å². The van der Waals surface area contributed by atoms with Crippen LogP contribution in [0.3, 0.4) is 0 Å². The van der Waals surface area contributed by atoms with Gasteiger partial charge in [0.1, 0.15) is 11.5 Å². The largest absolute Gasteiger partial charge is 0.467 e. The molecular formula is C23H22O5. The Morgan fingerprint density at radius 1 is 0.679 bits per heavy atom. The van der Waals surface area contributed by atoms with Gasteiger partial charge in [-0.3, -0.25) is 4.79 Å². The fourth-order valence-corrected chi connectivity index (χ4v) is 2.51. The third kappa shape index (κ3) is 6.23. The molecule has 0 radical (unpaired) electrons. The summed E-state index contributed by atoms with van der Waals surface area (Å²) in [5, 5.41) is 0. The van der Waals surface area contributed by atoms with Crippen molar-refractivity contribution in [2.75, 3.05) is 13.6 Å². The number of ether oxygens (including phenoxy) is 4. The lowest BCUT2D eigenvalue weighted by Crippen LogP contribution is -2.06. The van der Waals surface area contributed by atoms with Crippen LogP contribution >= 0.6 is 0 Å². The Morgan fingerprint density at radius 2 is 1.25 bits per heavy atom. The summed E-state index contributed by atoms with van der Waals surface area (Å²) in [6, 6.07) is 24.6. The molecule has 0 fully saturated rings. The number of hydrogen-bond acceptors (Lipinski definition) is 5. The third-order valence-corrected chi connectivity index (χ3v) is 3.94. The van der Waals surface area contributed by atoms with Crippen LogP contribution in [-0.4, -0.2) is 19.9 Å². The molecule has 0 aromatic heterocycles. The van der Waals surface area contributed by atoms with Crippen molar-refractivity contribution in [2.24, 2.45) is 0 Å². The average molecular weight is 378 g/mol. The SMILES string of the molecule is O=Cc1ccc(OCOCc2ccccc2)cc1OCOCc1ccccc1. The molecule has 0 heterocycles. The van der Waals surface area contributed by atoms with Gasteiger partial charge in [-0.2, -0.15) is 0 Å². The highest BCUT2D eigenvalue weighted by Gasteiger charge is 2.06. The molecular weight excluding hydrogens is 356 g/mol. The summed E-state index contributed by atoms with van der Waals surface area (Å²) < 4.78 is 22.2. The van der Waals surface area contributed by atoms with Crippen molar-refractivity contribution in [1.82, 2.24) is 0 Å². The van der Waals surface area contributed by atoms with Crippen LogP contribution in [-0.2, 0) is 22.7 Å². The summed E-state index contributed by atoms with van der Waals surface area (Å²) >= 11 is 0. The van der Waals surface area contributed by atoms with Gasteiger partial charge in [-0.05, 0) is 23.3 Å². The van der Waals surface area contributed by atoms with E-state index in [9.17, 15) is 4.79 Å². The zero-order valence-electron chi connectivity index (χ0n) is 15.5. The van der Waals surface area contributed by atoms with Crippen LogP contribution in [0.15, 0.2) is 78.9 Å². The Hall–Kier alpha value is -3.15. The number of benzene rings is 3. The summed E-state index contributed by atoms with van der Waals surface area (Å²) in [6.45, 7) is 1.02. The fraction of sp³-hybridized carbons (Fsp3) is 0.174. The third-order valence-electron chi connectivity index (χ3n) is 3.94. The molecule has 0 aliphatic heterocycles. The second kappa shape index (κ2) is 10.9.